The van der Waals surface area contributed by atoms with Gasteiger partial charge in [0.05, 0.1) is 6.61 Å². The Balaban J connectivity index is 1.99. The minimum atomic E-state index is 0.0508. The molecule has 19 heavy (non-hydrogen) atoms. The van der Waals surface area contributed by atoms with Gasteiger partial charge in [-0.05, 0) is 19.9 Å². The van der Waals surface area contributed by atoms with E-state index in [1.165, 1.54) is 0 Å². The van der Waals surface area contributed by atoms with Crippen LogP contribution in [0.4, 0.5) is 0 Å². The number of amides is 1. The molecule has 1 fully saturated rings. The van der Waals surface area contributed by atoms with Gasteiger partial charge in [-0.15, -0.1) is 0 Å². The average Bonchev–Trinajstić information content (AvgIpc) is 2.88. The van der Waals surface area contributed by atoms with Crippen LogP contribution in [-0.2, 0) is 0 Å². The predicted octanol–water partition coefficient (Wildman–Crippen LogP) is 0.214. The molecule has 1 saturated heterocycles. The smallest absolute Gasteiger partial charge is 0.272 e. The van der Waals surface area contributed by atoms with E-state index < -0.39 is 0 Å². The summed E-state index contributed by atoms with van der Waals surface area (Å²) in [4.78, 5) is 16.5. The summed E-state index contributed by atoms with van der Waals surface area (Å²) >= 11 is 0. The molecule has 1 amide bonds. The summed E-state index contributed by atoms with van der Waals surface area (Å²) in [6.07, 6.45) is 1.68. The third-order valence-electron chi connectivity index (χ3n) is 3.45. The van der Waals surface area contributed by atoms with E-state index in [1.54, 1.807) is 16.9 Å². The van der Waals surface area contributed by atoms with Gasteiger partial charge in [0.15, 0.2) is 0 Å². The molecule has 1 aliphatic heterocycles. The second-order valence-electron chi connectivity index (χ2n) is 5.11. The van der Waals surface area contributed by atoms with Gasteiger partial charge in [-0.3, -0.25) is 14.4 Å². The predicted molar refractivity (Wildman–Crippen MR) is 72.0 cm³/mol. The first-order valence-electron chi connectivity index (χ1n) is 6.79. The maximum atomic E-state index is 12.4. The molecule has 0 bridgehead atoms. The minimum Gasteiger partial charge on any atom is -0.395 e. The quantitative estimate of drug-likeness (QED) is 0.846. The molecule has 6 nitrogen and oxygen atoms in total. The fraction of sp³-hybridized carbons (Fsp3) is 0.692. The zero-order valence-corrected chi connectivity index (χ0v) is 11.6. The van der Waals surface area contributed by atoms with Crippen molar-refractivity contribution in [2.75, 3.05) is 39.3 Å². The van der Waals surface area contributed by atoms with Gasteiger partial charge in [-0.2, -0.15) is 5.10 Å². The van der Waals surface area contributed by atoms with E-state index in [0.717, 1.165) is 13.1 Å². The molecule has 0 unspecified atom stereocenters. The van der Waals surface area contributed by atoms with Crippen molar-refractivity contribution < 1.29 is 9.90 Å². The van der Waals surface area contributed by atoms with Crippen LogP contribution in [0.5, 0.6) is 0 Å². The Morgan fingerprint density at radius 3 is 2.63 bits per heavy atom. The number of hydrogen-bond donors (Lipinski definition) is 1. The fourth-order valence-electron chi connectivity index (χ4n) is 2.37. The van der Waals surface area contributed by atoms with E-state index in [-0.39, 0.29) is 18.6 Å². The topological polar surface area (TPSA) is 61.6 Å². The van der Waals surface area contributed by atoms with E-state index in [1.807, 2.05) is 18.7 Å². The molecule has 2 heterocycles. The summed E-state index contributed by atoms with van der Waals surface area (Å²) in [5, 5.41) is 13.1. The summed E-state index contributed by atoms with van der Waals surface area (Å²) in [5.41, 5.74) is 0.658. The van der Waals surface area contributed by atoms with E-state index in [2.05, 4.69) is 10.00 Å². The van der Waals surface area contributed by atoms with Crippen LogP contribution in [0.25, 0.3) is 0 Å². The normalized spacial score (nSPS) is 17.2. The van der Waals surface area contributed by atoms with Crippen LogP contribution in [0.2, 0.25) is 0 Å². The van der Waals surface area contributed by atoms with Crippen LogP contribution in [0.15, 0.2) is 12.3 Å². The molecule has 0 saturated carbocycles. The van der Waals surface area contributed by atoms with E-state index in [4.69, 9.17) is 5.11 Å². The van der Waals surface area contributed by atoms with Gasteiger partial charge in [-0.25, -0.2) is 0 Å². The minimum absolute atomic E-state index is 0.0508. The van der Waals surface area contributed by atoms with Crippen molar-refractivity contribution in [3.63, 3.8) is 0 Å². The van der Waals surface area contributed by atoms with Crippen LogP contribution in [0.3, 0.4) is 0 Å². The van der Waals surface area contributed by atoms with Gasteiger partial charge in [-0.1, -0.05) is 0 Å². The molecule has 106 valence electrons. The first kappa shape index (κ1) is 14.0. The first-order chi connectivity index (χ1) is 9.13. The Labute approximate surface area is 113 Å². The lowest BCUT2D eigenvalue weighted by molar-refractivity contribution is 0.0601. The van der Waals surface area contributed by atoms with Crippen molar-refractivity contribution in [2.24, 2.45) is 0 Å². The summed E-state index contributed by atoms with van der Waals surface area (Å²) in [5.74, 6) is 0.0508. The molecule has 0 aliphatic carbocycles. The summed E-state index contributed by atoms with van der Waals surface area (Å²) in [6, 6.07) is 1.97. The molecule has 0 radical (unpaired) electrons. The molecule has 0 aromatic carbocycles. The van der Waals surface area contributed by atoms with Crippen LogP contribution < -0.4 is 0 Å². The highest BCUT2D eigenvalue weighted by molar-refractivity contribution is 5.92. The van der Waals surface area contributed by atoms with Crippen LogP contribution >= 0.6 is 0 Å². The molecule has 1 aromatic rings. The molecule has 1 N–H and O–H groups in total. The molecular formula is C13H22N4O2. The maximum Gasteiger partial charge on any atom is 0.272 e. The van der Waals surface area contributed by atoms with Gasteiger partial charge in [0, 0.05) is 45.0 Å². The van der Waals surface area contributed by atoms with E-state index in [0.29, 0.717) is 25.3 Å². The Morgan fingerprint density at radius 1 is 1.37 bits per heavy atom. The third kappa shape index (κ3) is 3.13. The Morgan fingerprint density at radius 2 is 2.05 bits per heavy atom. The van der Waals surface area contributed by atoms with Crippen molar-refractivity contribution in [1.29, 1.82) is 0 Å². The van der Waals surface area contributed by atoms with Gasteiger partial charge in [0.25, 0.3) is 5.91 Å². The zero-order valence-electron chi connectivity index (χ0n) is 11.6. The standard InChI is InChI=1S/C13H22N4O2/c1-11(2)17-12(3-4-14-17)13(19)16-7-5-15(6-8-16)9-10-18/h3-4,11,18H,5-10H2,1-2H3. The SMILES string of the molecule is CC(C)n1nccc1C(=O)N1CCN(CCO)CC1. The fourth-order valence-corrected chi connectivity index (χ4v) is 2.37. The van der Waals surface area contributed by atoms with Crippen molar-refractivity contribution in [1.82, 2.24) is 19.6 Å². The summed E-state index contributed by atoms with van der Waals surface area (Å²) in [7, 11) is 0. The highest BCUT2D eigenvalue weighted by Crippen LogP contribution is 2.12. The largest absolute Gasteiger partial charge is 0.395 e. The first-order valence-corrected chi connectivity index (χ1v) is 6.79. The number of piperazine rings is 1. The second kappa shape index (κ2) is 6.16. The number of β-amino-alcohol motifs (C(OH)–C–C–N with tert-alkyl or cyclic N) is 1. The average molecular weight is 266 g/mol. The number of carbonyl (C=O) groups excluding carboxylic acids is 1. The lowest BCUT2D eigenvalue weighted by Gasteiger charge is -2.34. The van der Waals surface area contributed by atoms with E-state index in [9.17, 15) is 4.79 Å². The highest BCUT2D eigenvalue weighted by atomic mass is 16.3. The van der Waals surface area contributed by atoms with E-state index >= 15 is 0 Å². The van der Waals surface area contributed by atoms with Crippen molar-refractivity contribution in [3.05, 3.63) is 18.0 Å². The third-order valence-corrected chi connectivity index (χ3v) is 3.45. The van der Waals surface area contributed by atoms with Crippen LogP contribution in [0, 0.1) is 0 Å². The van der Waals surface area contributed by atoms with Gasteiger partial charge in [0.2, 0.25) is 0 Å². The summed E-state index contributed by atoms with van der Waals surface area (Å²) in [6.45, 7) is 7.96. The Bertz CT molecular complexity index is 422. The lowest BCUT2D eigenvalue weighted by Crippen LogP contribution is -2.49. The zero-order chi connectivity index (χ0) is 13.8. The number of rotatable bonds is 4. The van der Waals surface area contributed by atoms with Crippen LogP contribution in [-0.4, -0.2) is 69.9 Å². The van der Waals surface area contributed by atoms with Crippen LogP contribution in [0.1, 0.15) is 30.4 Å². The van der Waals surface area contributed by atoms with Gasteiger partial charge >= 0.3 is 0 Å². The number of carbonyl (C=O) groups is 1. The number of aromatic nitrogens is 2. The molecule has 1 aliphatic rings. The Kier molecular flexibility index (Phi) is 4.55. The number of nitrogens with zero attached hydrogens (tertiary/aromatic N) is 4. The number of hydrogen-bond acceptors (Lipinski definition) is 4. The van der Waals surface area contributed by atoms with Gasteiger partial charge < -0.3 is 10.0 Å². The maximum absolute atomic E-state index is 12.4. The van der Waals surface area contributed by atoms with Crippen molar-refractivity contribution in [3.8, 4) is 0 Å². The highest BCUT2D eigenvalue weighted by Gasteiger charge is 2.24. The molecular weight excluding hydrogens is 244 g/mol. The second-order valence-corrected chi connectivity index (χ2v) is 5.11. The summed E-state index contributed by atoms with van der Waals surface area (Å²) < 4.78 is 1.77. The van der Waals surface area contributed by atoms with Gasteiger partial charge in [0.1, 0.15) is 5.69 Å². The van der Waals surface area contributed by atoms with Crippen molar-refractivity contribution >= 4 is 5.91 Å². The Hall–Kier alpha value is -1.40. The molecule has 2 rings (SSSR count). The monoisotopic (exact) mass is 266 g/mol. The lowest BCUT2D eigenvalue weighted by atomic mass is 10.2. The number of aliphatic hydroxyl groups is 1. The number of aliphatic hydroxyl groups excluding tert-OH is 1. The van der Waals surface area contributed by atoms with Crippen molar-refractivity contribution in [2.45, 2.75) is 19.9 Å². The molecule has 1 aromatic heterocycles. The molecule has 0 atom stereocenters. The molecule has 0 spiro atoms. The molecule has 6 heteroatoms.